The van der Waals surface area contributed by atoms with Crippen molar-refractivity contribution in [2.24, 2.45) is 0 Å². The van der Waals surface area contributed by atoms with Crippen molar-refractivity contribution in [1.29, 1.82) is 0 Å². The van der Waals surface area contributed by atoms with Crippen LogP contribution in [0.3, 0.4) is 0 Å². The van der Waals surface area contributed by atoms with Crippen molar-refractivity contribution in [2.75, 3.05) is 27.4 Å². The molecule has 36 heavy (non-hydrogen) atoms. The SMILES string of the molecule is CCc1cccc(C)c1NC(=O)CN1C(=O)[C@]2(SCC(=O)N2c2cc(C)cc(C)c2)c2ccccc21. The van der Waals surface area contributed by atoms with Crippen molar-refractivity contribution >= 4 is 46.5 Å². The van der Waals surface area contributed by atoms with Gasteiger partial charge in [0.2, 0.25) is 16.7 Å². The van der Waals surface area contributed by atoms with Gasteiger partial charge in [-0.1, -0.05) is 49.4 Å². The standard InChI is InChI=1S/C29H29N3O3S/c1-5-21-10-8-9-20(4)27(21)30-25(33)16-31-24-12-7-6-11-23(24)29(28(31)35)32(26(34)17-36-29)22-14-18(2)13-19(3)15-22/h6-15H,5,16-17H2,1-4H3,(H,30,33)/t29-/m1/s1. The van der Waals surface area contributed by atoms with Crippen molar-refractivity contribution in [1.82, 2.24) is 0 Å². The van der Waals surface area contributed by atoms with Crippen molar-refractivity contribution < 1.29 is 14.4 Å². The molecular formula is C29H29N3O3S. The monoisotopic (exact) mass is 499 g/mol. The second-order valence-corrected chi connectivity index (χ2v) is 10.6. The van der Waals surface area contributed by atoms with E-state index in [0.29, 0.717) is 11.4 Å². The fraction of sp³-hybridized carbons (Fsp3) is 0.276. The number of rotatable bonds is 5. The predicted molar refractivity (Wildman–Crippen MR) is 146 cm³/mol. The maximum absolute atomic E-state index is 14.2. The van der Waals surface area contributed by atoms with Gasteiger partial charge in [0.1, 0.15) is 6.54 Å². The number of carbonyl (C=O) groups is 3. The van der Waals surface area contributed by atoms with Crippen LogP contribution in [0.1, 0.15) is 34.7 Å². The van der Waals surface area contributed by atoms with Crippen LogP contribution in [0.15, 0.2) is 60.7 Å². The molecule has 2 heterocycles. The number of hydrogen-bond donors (Lipinski definition) is 1. The minimum atomic E-state index is -1.23. The van der Waals surface area contributed by atoms with Gasteiger partial charge in [-0.25, -0.2) is 0 Å². The second-order valence-electron chi connectivity index (χ2n) is 9.43. The molecule has 0 aromatic heterocycles. The Morgan fingerprint density at radius 2 is 1.72 bits per heavy atom. The molecule has 1 N–H and O–H groups in total. The number of carbonyl (C=O) groups excluding carboxylic acids is 3. The number of thioether (sulfide) groups is 1. The van der Waals surface area contributed by atoms with E-state index in [2.05, 4.69) is 5.32 Å². The minimum absolute atomic E-state index is 0.119. The molecule has 2 aliphatic rings. The molecule has 1 fully saturated rings. The highest BCUT2D eigenvalue weighted by Crippen LogP contribution is 2.55. The second kappa shape index (κ2) is 9.13. The number of nitrogens with zero attached hydrogens (tertiary/aromatic N) is 2. The van der Waals surface area contributed by atoms with Crippen molar-refractivity contribution in [3.63, 3.8) is 0 Å². The van der Waals surface area contributed by atoms with Gasteiger partial charge in [-0.05, 0) is 67.6 Å². The molecular weight excluding hydrogens is 470 g/mol. The molecule has 0 radical (unpaired) electrons. The van der Waals surface area contributed by atoms with Crippen LogP contribution in [0.25, 0.3) is 0 Å². The molecule has 3 aromatic rings. The van der Waals surface area contributed by atoms with Crippen molar-refractivity contribution in [3.05, 3.63) is 88.5 Å². The number of amides is 3. The molecule has 3 aromatic carbocycles. The van der Waals surface area contributed by atoms with E-state index >= 15 is 0 Å². The van der Waals surface area contributed by atoms with Gasteiger partial charge in [-0.2, -0.15) is 0 Å². The maximum atomic E-state index is 14.2. The molecule has 5 rings (SSSR count). The number of para-hydroxylation sites is 2. The maximum Gasteiger partial charge on any atom is 0.269 e. The zero-order chi connectivity index (χ0) is 25.6. The highest BCUT2D eigenvalue weighted by molar-refractivity contribution is 8.02. The highest BCUT2D eigenvalue weighted by atomic mass is 32.2. The lowest BCUT2D eigenvalue weighted by molar-refractivity contribution is -0.124. The molecule has 6 nitrogen and oxygen atoms in total. The van der Waals surface area contributed by atoms with Crippen molar-refractivity contribution in [3.8, 4) is 0 Å². The molecule has 1 spiro atoms. The van der Waals surface area contributed by atoms with E-state index in [1.165, 1.54) is 16.7 Å². The Balaban J connectivity index is 1.53. The summed E-state index contributed by atoms with van der Waals surface area (Å²) in [7, 11) is 0. The molecule has 0 bridgehead atoms. The Labute approximate surface area is 215 Å². The largest absolute Gasteiger partial charge is 0.324 e. The molecule has 1 saturated heterocycles. The number of benzene rings is 3. The third-order valence-corrected chi connectivity index (χ3v) is 8.22. The summed E-state index contributed by atoms with van der Waals surface area (Å²) < 4.78 is 0. The van der Waals surface area contributed by atoms with Crippen LogP contribution < -0.4 is 15.1 Å². The lowest BCUT2D eigenvalue weighted by Gasteiger charge is -2.33. The minimum Gasteiger partial charge on any atom is -0.324 e. The van der Waals surface area contributed by atoms with Crippen LogP contribution in [-0.2, 0) is 25.7 Å². The summed E-state index contributed by atoms with van der Waals surface area (Å²) in [6.45, 7) is 7.83. The molecule has 0 saturated carbocycles. The Morgan fingerprint density at radius 3 is 2.44 bits per heavy atom. The summed E-state index contributed by atoms with van der Waals surface area (Å²) in [5.74, 6) is -0.469. The zero-order valence-electron chi connectivity index (χ0n) is 20.9. The topological polar surface area (TPSA) is 69.7 Å². The Bertz CT molecular complexity index is 1380. The molecule has 1 atom stereocenters. The molecule has 0 aliphatic carbocycles. The first kappa shape index (κ1) is 24.1. The van der Waals surface area contributed by atoms with E-state index in [0.717, 1.165) is 39.9 Å². The lowest BCUT2D eigenvalue weighted by atomic mass is 10.0. The third kappa shape index (κ3) is 3.78. The van der Waals surface area contributed by atoms with Gasteiger partial charge < -0.3 is 5.32 Å². The number of aryl methyl sites for hydroxylation is 4. The Hall–Kier alpha value is -3.58. The summed E-state index contributed by atoms with van der Waals surface area (Å²) in [5, 5.41) is 3.03. The van der Waals surface area contributed by atoms with Crippen LogP contribution >= 0.6 is 11.8 Å². The average molecular weight is 500 g/mol. The number of anilines is 3. The quantitative estimate of drug-likeness (QED) is 0.531. The summed E-state index contributed by atoms with van der Waals surface area (Å²) in [5.41, 5.74) is 6.95. The van der Waals surface area contributed by atoms with Crippen LogP contribution in [-0.4, -0.2) is 30.0 Å². The van der Waals surface area contributed by atoms with E-state index in [9.17, 15) is 14.4 Å². The van der Waals surface area contributed by atoms with Crippen LogP contribution in [0.2, 0.25) is 0 Å². The molecule has 184 valence electrons. The Kier molecular flexibility index (Phi) is 6.12. The number of nitrogens with one attached hydrogen (secondary N) is 1. The van der Waals surface area contributed by atoms with Gasteiger partial charge in [-0.15, -0.1) is 11.8 Å². The summed E-state index contributed by atoms with van der Waals surface area (Å²) in [4.78, 5) is 42.6. The summed E-state index contributed by atoms with van der Waals surface area (Å²) in [6.07, 6.45) is 0.787. The van der Waals surface area contributed by atoms with E-state index < -0.39 is 4.87 Å². The van der Waals surface area contributed by atoms with Crippen LogP contribution in [0.4, 0.5) is 17.1 Å². The van der Waals surface area contributed by atoms with Gasteiger partial charge in [0.05, 0.1) is 11.4 Å². The van der Waals surface area contributed by atoms with Gasteiger partial charge in [-0.3, -0.25) is 24.2 Å². The highest BCUT2D eigenvalue weighted by Gasteiger charge is 2.61. The molecule has 3 amide bonds. The molecule has 0 unspecified atom stereocenters. The average Bonchev–Trinajstić information content (AvgIpc) is 3.30. The first-order chi connectivity index (χ1) is 17.3. The fourth-order valence-electron chi connectivity index (χ4n) is 5.32. The van der Waals surface area contributed by atoms with E-state index in [1.54, 1.807) is 4.90 Å². The first-order valence-electron chi connectivity index (χ1n) is 12.1. The van der Waals surface area contributed by atoms with Gasteiger partial charge in [0.15, 0.2) is 0 Å². The first-order valence-corrected chi connectivity index (χ1v) is 13.1. The number of fused-ring (bicyclic) bond motifs is 2. The van der Waals surface area contributed by atoms with Gasteiger partial charge >= 0.3 is 0 Å². The third-order valence-electron chi connectivity index (χ3n) is 6.83. The lowest BCUT2D eigenvalue weighted by Crippen LogP contribution is -2.51. The predicted octanol–water partition coefficient (Wildman–Crippen LogP) is 5.09. The van der Waals surface area contributed by atoms with Crippen LogP contribution in [0.5, 0.6) is 0 Å². The fourth-order valence-corrected chi connectivity index (χ4v) is 6.68. The normalized spacial score (nSPS) is 18.8. The molecule has 2 aliphatic heterocycles. The Morgan fingerprint density at radius 1 is 1.00 bits per heavy atom. The van der Waals surface area contributed by atoms with E-state index in [4.69, 9.17) is 0 Å². The van der Waals surface area contributed by atoms with Crippen LogP contribution in [0, 0.1) is 20.8 Å². The summed E-state index contributed by atoms with van der Waals surface area (Å²) in [6, 6.07) is 19.3. The van der Waals surface area contributed by atoms with Crippen molar-refractivity contribution in [2.45, 2.75) is 39.0 Å². The summed E-state index contributed by atoms with van der Waals surface area (Å²) >= 11 is 1.32. The zero-order valence-corrected chi connectivity index (χ0v) is 21.7. The van der Waals surface area contributed by atoms with E-state index in [1.807, 2.05) is 88.4 Å². The smallest absolute Gasteiger partial charge is 0.269 e. The van der Waals surface area contributed by atoms with Gasteiger partial charge in [0.25, 0.3) is 5.91 Å². The van der Waals surface area contributed by atoms with Gasteiger partial charge in [0, 0.05) is 16.9 Å². The number of hydrogen-bond acceptors (Lipinski definition) is 4. The molecule has 7 heteroatoms. The van der Waals surface area contributed by atoms with E-state index in [-0.39, 0.29) is 30.0 Å².